The van der Waals surface area contributed by atoms with E-state index in [4.69, 9.17) is 11.5 Å². The minimum atomic E-state index is -0.577. The Balaban J connectivity index is 2.01. The first-order chi connectivity index (χ1) is 9.08. The molecule has 0 fully saturated rings. The predicted octanol–water partition coefficient (Wildman–Crippen LogP) is 0.151. The van der Waals surface area contributed by atoms with Gasteiger partial charge in [0.05, 0.1) is 5.69 Å². The maximum Gasteiger partial charge on any atom is 0.267 e. The zero-order valence-electron chi connectivity index (χ0n) is 10.6. The van der Waals surface area contributed by atoms with E-state index in [0.29, 0.717) is 18.1 Å². The number of carbonyl (C=O) groups excluding carboxylic acids is 1. The Labute approximate surface area is 110 Å². The average Bonchev–Trinajstić information content (AvgIpc) is 2.77. The Morgan fingerprint density at radius 1 is 1.47 bits per heavy atom. The molecule has 2 aromatic heterocycles. The molecular weight excluding hydrogens is 244 g/mol. The molecule has 0 bridgehead atoms. The molecule has 2 rings (SSSR count). The third kappa shape index (κ3) is 3.01. The molecule has 0 radical (unpaired) electrons. The lowest BCUT2D eigenvalue weighted by atomic mass is 10.3. The number of nitrogens with one attached hydrogen (secondary N) is 1. The van der Waals surface area contributed by atoms with E-state index >= 15 is 0 Å². The minimum Gasteiger partial charge on any atom is -0.396 e. The van der Waals surface area contributed by atoms with Gasteiger partial charge in [-0.1, -0.05) is 0 Å². The smallest absolute Gasteiger partial charge is 0.267 e. The second-order valence-corrected chi connectivity index (χ2v) is 4.13. The number of hydrogen-bond donors (Lipinski definition) is 3. The van der Waals surface area contributed by atoms with Crippen molar-refractivity contribution >= 4 is 17.4 Å². The number of rotatable bonds is 5. The SMILES string of the molecule is Cn1ccnc1CCNc1nc(C(N)=O)ccc1N. The number of imidazole rings is 1. The molecule has 0 aliphatic heterocycles. The van der Waals surface area contributed by atoms with Crippen LogP contribution in [0.25, 0.3) is 0 Å². The highest BCUT2D eigenvalue weighted by molar-refractivity contribution is 5.91. The van der Waals surface area contributed by atoms with Crippen molar-refractivity contribution in [3.05, 3.63) is 36.0 Å². The lowest BCUT2D eigenvalue weighted by Gasteiger charge is -2.09. The van der Waals surface area contributed by atoms with Crippen LogP contribution in [0.3, 0.4) is 0 Å². The van der Waals surface area contributed by atoms with Gasteiger partial charge in [0.25, 0.3) is 5.91 Å². The highest BCUT2D eigenvalue weighted by Gasteiger charge is 2.07. The van der Waals surface area contributed by atoms with E-state index in [0.717, 1.165) is 12.2 Å². The van der Waals surface area contributed by atoms with Crippen molar-refractivity contribution in [2.75, 3.05) is 17.6 Å². The molecule has 0 spiro atoms. The standard InChI is InChI=1S/C12H16N6O/c1-18-7-6-15-10(18)4-5-16-12-8(13)2-3-9(17-12)11(14)19/h2-3,6-7H,4-5,13H2,1H3,(H2,14,19)(H,16,17). The van der Waals surface area contributed by atoms with Gasteiger partial charge in [-0.25, -0.2) is 9.97 Å². The van der Waals surface area contributed by atoms with E-state index in [9.17, 15) is 4.79 Å². The quantitative estimate of drug-likeness (QED) is 0.708. The van der Waals surface area contributed by atoms with Crippen LogP contribution >= 0.6 is 0 Å². The summed E-state index contributed by atoms with van der Waals surface area (Å²) in [5.74, 6) is 0.842. The Hall–Kier alpha value is -2.57. The van der Waals surface area contributed by atoms with Gasteiger partial charge in [-0.05, 0) is 12.1 Å². The largest absolute Gasteiger partial charge is 0.396 e. The molecule has 0 aromatic carbocycles. The van der Waals surface area contributed by atoms with Gasteiger partial charge < -0.3 is 21.4 Å². The van der Waals surface area contributed by atoms with Crippen LogP contribution in [0.15, 0.2) is 24.5 Å². The average molecular weight is 260 g/mol. The number of aryl methyl sites for hydroxylation is 1. The molecule has 0 unspecified atom stereocenters. The molecule has 19 heavy (non-hydrogen) atoms. The van der Waals surface area contributed by atoms with E-state index in [1.807, 2.05) is 17.8 Å². The van der Waals surface area contributed by atoms with E-state index in [-0.39, 0.29) is 5.69 Å². The topological polar surface area (TPSA) is 112 Å². The van der Waals surface area contributed by atoms with Gasteiger partial charge in [0, 0.05) is 32.4 Å². The third-order valence-corrected chi connectivity index (χ3v) is 2.74. The molecule has 2 heterocycles. The second-order valence-electron chi connectivity index (χ2n) is 4.13. The van der Waals surface area contributed by atoms with E-state index < -0.39 is 5.91 Å². The van der Waals surface area contributed by atoms with Crippen LogP contribution in [0.5, 0.6) is 0 Å². The van der Waals surface area contributed by atoms with Gasteiger partial charge in [-0.15, -0.1) is 0 Å². The molecule has 7 nitrogen and oxygen atoms in total. The van der Waals surface area contributed by atoms with Crippen molar-refractivity contribution in [2.45, 2.75) is 6.42 Å². The van der Waals surface area contributed by atoms with Crippen LogP contribution in [0.2, 0.25) is 0 Å². The number of hydrogen-bond acceptors (Lipinski definition) is 5. The van der Waals surface area contributed by atoms with Crippen molar-refractivity contribution in [3.8, 4) is 0 Å². The first-order valence-corrected chi connectivity index (χ1v) is 5.84. The summed E-state index contributed by atoms with van der Waals surface area (Å²) in [6.45, 7) is 0.615. The molecule has 0 aliphatic rings. The van der Waals surface area contributed by atoms with Crippen molar-refractivity contribution in [1.82, 2.24) is 14.5 Å². The Morgan fingerprint density at radius 3 is 2.89 bits per heavy atom. The van der Waals surface area contributed by atoms with Crippen LogP contribution in [0.4, 0.5) is 11.5 Å². The zero-order valence-corrected chi connectivity index (χ0v) is 10.6. The van der Waals surface area contributed by atoms with Crippen molar-refractivity contribution < 1.29 is 4.79 Å². The Kier molecular flexibility index (Phi) is 3.65. The normalized spacial score (nSPS) is 10.4. The first-order valence-electron chi connectivity index (χ1n) is 5.84. The highest BCUT2D eigenvalue weighted by Crippen LogP contribution is 2.15. The lowest BCUT2D eigenvalue weighted by Crippen LogP contribution is -2.16. The fourth-order valence-corrected chi connectivity index (χ4v) is 1.68. The Bertz CT molecular complexity index is 592. The maximum absolute atomic E-state index is 11.0. The monoisotopic (exact) mass is 260 g/mol. The molecule has 2 aromatic rings. The van der Waals surface area contributed by atoms with Gasteiger partial charge in [-0.2, -0.15) is 0 Å². The van der Waals surface area contributed by atoms with Crippen molar-refractivity contribution in [3.63, 3.8) is 0 Å². The second kappa shape index (κ2) is 5.38. The number of carbonyl (C=O) groups is 1. The summed E-state index contributed by atoms with van der Waals surface area (Å²) in [5.41, 5.74) is 11.6. The highest BCUT2D eigenvalue weighted by atomic mass is 16.1. The number of nitrogens with two attached hydrogens (primary N) is 2. The van der Waals surface area contributed by atoms with Crippen LogP contribution in [0, 0.1) is 0 Å². The van der Waals surface area contributed by atoms with Crippen molar-refractivity contribution in [1.29, 1.82) is 0 Å². The third-order valence-electron chi connectivity index (χ3n) is 2.74. The molecule has 100 valence electrons. The summed E-state index contributed by atoms with van der Waals surface area (Å²) in [6, 6.07) is 3.11. The summed E-state index contributed by atoms with van der Waals surface area (Å²) in [5, 5.41) is 3.08. The van der Waals surface area contributed by atoms with E-state index in [1.165, 1.54) is 6.07 Å². The molecular formula is C12H16N6O. The van der Waals surface area contributed by atoms with Gasteiger partial charge in [0.2, 0.25) is 0 Å². The minimum absolute atomic E-state index is 0.189. The van der Waals surface area contributed by atoms with Crippen LogP contribution in [0.1, 0.15) is 16.3 Å². The molecule has 0 atom stereocenters. The van der Waals surface area contributed by atoms with Crippen molar-refractivity contribution in [2.24, 2.45) is 12.8 Å². The predicted molar refractivity (Wildman–Crippen MR) is 72.6 cm³/mol. The van der Waals surface area contributed by atoms with Gasteiger partial charge in [-0.3, -0.25) is 4.79 Å². The summed E-state index contributed by atoms with van der Waals surface area (Å²) >= 11 is 0. The van der Waals surface area contributed by atoms with Gasteiger partial charge in [0.15, 0.2) is 0 Å². The van der Waals surface area contributed by atoms with Gasteiger partial charge in [0.1, 0.15) is 17.3 Å². The maximum atomic E-state index is 11.0. The van der Waals surface area contributed by atoms with E-state index in [2.05, 4.69) is 15.3 Å². The number of nitrogens with zero attached hydrogens (tertiary/aromatic N) is 3. The number of amides is 1. The number of nitrogen functional groups attached to an aromatic ring is 1. The van der Waals surface area contributed by atoms with Crippen LogP contribution in [-0.4, -0.2) is 27.0 Å². The lowest BCUT2D eigenvalue weighted by molar-refractivity contribution is 0.0996. The molecule has 0 aliphatic carbocycles. The summed E-state index contributed by atoms with van der Waals surface area (Å²) < 4.78 is 1.94. The fraction of sp³-hybridized carbons (Fsp3) is 0.250. The number of pyridine rings is 1. The molecule has 0 saturated heterocycles. The summed E-state index contributed by atoms with van der Waals surface area (Å²) in [6.07, 6.45) is 4.36. The molecule has 7 heteroatoms. The summed E-state index contributed by atoms with van der Waals surface area (Å²) in [7, 11) is 1.93. The molecule has 1 amide bonds. The zero-order chi connectivity index (χ0) is 13.8. The summed E-state index contributed by atoms with van der Waals surface area (Å²) in [4.78, 5) is 19.3. The first kappa shape index (κ1) is 12.9. The van der Waals surface area contributed by atoms with Gasteiger partial charge >= 0.3 is 0 Å². The van der Waals surface area contributed by atoms with Crippen LogP contribution in [-0.2, 0) is 13.5 Å². The fourth-order valence-electron chi connectivity index (χ4n) is 1.68. The Morgan fingerprint density at radius 2 is 2.26 bits per heavy atom. The number of anilines is 2. The number of aromatic nitrogens is 3. The number of primary amides is 1. The van der Waals surface area contributed by atoms with E-state index in [1.54, 1.807) is 12.3 Å². The van der Waals surface area contributed by atoms with Crippen LogP contribution < -0.4 is 16.8 Å². The molecule has 5 N–H and O–H groups in total. The molecule has 0 saturated carbocycles.